The van der Waals surface area contributed by atoms with Gasteiger partial charge in [0.05, 0.1) is 34.8 Å². The van der Waals surface area contributed by atoms with E-state index in [2.05, 4.69) is 11.1 Å². The van der Waals surface area contributed by atoms with Gasteiger partial charge in [-0.15, -0.1) is 22.7 Å². The second kappa shape index (κ2) is 6.03. The minimum atomic E-state index is -0.0913. The summed E-state index contributed by atoms with van der Waals surface area (Å²) in [5.41, 5.74) is 0.932. The lowest BCUT2D eigenvalue weighted by atomic mass is 10.1. The van der Waals surface area contributed by atoms with Crippen LogP contribution in [0.15, 0.2) is 35.7 Å². The lowest BCUT2D eigenvalue weighted by Crippen LogP contribution is -2.43. The first-order chi connectivity index (χ1) is 11.2. The van der Waals surface area contributed by atoms with Crippen molar-refractivity contribution in [2.45, 2.75) is 13.0 Å². The molecule has 4 nitrogen and oxygen atoms in total. The number of rotatable bonds is 2. The molecule has 3 heterocycles. The number of carbonyl (C=O) groups is 1. The topological polar surface area (TPSA) is 42.4 Å². The van der Waals surface area contributed by atoms with Gasteiger partial charge in [0.25, 0.3) is 5.91 Å². The van der Waals surface area contributed by atoms with E-state index in [9.17, 15) is 4.79 Å². The number of hydrogen-bond acceptors (Lipinski definition) is 5. The first kappa shape index (κ1) is 14.8. The van der Waals surface area contributed by atoms with Gasteiger partial charge in [-0.3, -0.25) is 4.79 Å². The van der Waals surface area contributed by atoms with E-state index < -0.39 is 0 Å². The van der Waals surface area contributed by atoms with Gasteiger partial charge < -0.3 is 9.64 Å². The summed E-state index contributed by atoms with van der Waals surface area (Å²) in [6.07, 6.45) is 0. The van der Waals surface area contributed by atoms with E-state index in [-0.39, 0.29) is 11.9 Å². The number of thiazole rings is 1. The van der Waals surface area contributed by atoms with Crippen molar-refractivity contribution < 1.29 is 9.53 Å². The van der Waals surface area contributed by atoms with Gasteiger partial charge in [-0.1, -0.05) is 18.2 Å². The van der Waals surface area contributed by atoms with Crippen LogP contribution in [0.25, 0.3) is 10.1 Å². The molecule has 1 atom stereocenters. The largest absolute Gasteiger partial charge is 0.377 e. The maximum absolute atomic E-state index is 13.0. The molecule has 1 aromatic carbocycles. The Morgan fingerprint density at radius 2 is 2.26 bits per heavy atom. The summed E-state index contributed by atoms with van der Waals surface area (Å²) < 4.78 is 6.74. The van der Waals surface area contributed by atoms with Crippen molar-refractivity contribution in [2.24, 2.45) is 0 Å². The molecule has 0 spiro atoms. The zero-order valence-corrected chi connectivity index (χ0v) is 14.3. The molecular weight excluding hydrogens is 328 g/mol. The molecule has 23 heavy (non-hydrogen) atoms. The number of fused-ring (bicyclic) bond motifs is 1. The van der Waals surface area contributed by atoms with Gasteiger partial charge in [-0.2, -0.15) is 0 Å². The third-order valence-corrected chi connectivity index (χ3v) is 5.90. The molecule has 0 radical (unpaired) electrons. The van der Waals surface area contributed by atoms with Crippen molar-refractivity contribution >= 4 is 38.7 Å². The summed E-state index contributed by atoms with van der Waals surface area (Å²) in [7, 11) is 0. The number of hydrogen-bond donors (Lipinski definition) is 0. The Morgan fingerprint density at radius 1 is 1.39 bits per heavy atom. The number of aryl methyl sites for hydroxylation is 1. The summed E-state index contributed by atoms with van der Waals surface area (Å²) in [5, 5.41) is 4.16. The molecule has 1 amide bonds. The lowest BCUT2D eigenvalue weighted by molar-refractivity contribution is -0.00349. The van der Waals surface area contributed by atoms with Crippen LogP contribution >= 0.6 is 22.7 Å². The standard InChI is InChI=1S/C17H16N2O2S2/c1-11-18-13(10-22-11)14-9-21-7-6-19(14)17(20)16-8-12-4-2-3-5-15(12)23-16/h2-5,8,10,14H,6-7,9H2,1H3. The van der Waals surface area contributed by atoms with Gasteiger partial charge >= 0.3 is 0 Å². The van der Waals surface area contributed by atoms with Gasteiger partial charge in [0, 0.05) is 16.6 Å². The van der Waals surface area contributed by atoms with Crippen molar-refractivity contribution in [3.63, 3.8) is 0 Å². The number of nitrogens with zero attached hydrogens (tertiary/aromatic N) is 2. The van der Waals surface area contributed by atoms with Crippen molar-refractivity contribution in [3.8, 4) is 0 Å². The fourth-order valence-corrected chi connectivity index (χ4v) is 4.53. The molecule has 1 aliphatic heterocycles. The summed E-state index contributed by atoms with van der Waals surface area (Å²) in [4.78, 5) is 20.3. The minimum Gasteiger partial charge on any atom is -0.377 e. The first-order valence-corrected chi connectivity index (χ1v) is 9.21. The SMILES string of the molecule is Cc1nc(C2COCCN2C(=O)c2cc3ccccc3s2)cs1. The average Bonchev–Trinajstić information content (AvgIpc) is 3.20. The van der Waals surface area contributed by atoms with E-state index in [0.29, 0.717) is 19.8 Å². The Balaban J connectivity index is 1.67. The Kier molecular flexibility index (Phi) is 3.88. The molecule has 0 aliphatic carbocycles. The summed E-state index contributed by atoms with van der Waals surface area (Å²) >= 11 is 3.16. The van der Waals surface area contributed by atoms with Gasteiger partial charge in [0.15, 0.2) is 0 Å². The van der Waals surface area contributed by atoms with Crippen molar-refractivity contribution in [1.82, 2.24) is 9.88 Å². The number of carbonyl (C=O) groups excluding carboxylic acids is 1. The van der Waals surface area contributed by atoms with Crippen LogP contribution in [-0.4, -0.2) is 35.5 Å². The highest BCUT2D eigenvalue weighted by Crippen LogP contribution is 2.31. The Morgan fingerprint density at radius 3 is 3.04 bits per heavy atom. The van der Waals surface area contributed by atoms with Crippen LogP contribution in [0.4, 0.5) is 0 Å². The van der Waals surface area contributed by atoms with E-state index in [1.807, 2.05) is 41.5 Å². The van der Waals surface area contributed by atoms with Crippen LogP contribution in [0.2, 0.25) is 0 Å². The van der Waals surface area contributed by atoms with E-state index in [1.54, 1.807) is 22.7 Å². The fourth-order valence-electron chi connectivity index (χ4n) is 2.85. The molecule has 4 rings (SSSR count). The molecule has 1 aliphatic rings. The quantitative estimate of drug-likeness (QED) is 0.708. The summed E-state index contributed by atoms with van der Waals surface area (Å²) in [6, 6.07) is 10.00. The maximum atomic E-state index is 13.0. The minimum absolute atomic E-state index is 0.0742. The van der Waals surface area contributed by atoms with Crippen LogP contribution in [0.1, 0.15) is 26.4 Å². The number of thiophene rings is 1. The highest BCUT2D eigenvalue weighted by atomic mass is 32.1. The fraction of sp³-hybridized carbons (Fsp3) is 0.294. The Labute approximate surface area is 142 Å². The smallest absolute Gasteiger partial charge is 0.264 e. The molecule has 0 N–H and O–H groups in total. The third-order valence-electron chi connectivity index (χ3n) is 4.00. The second-order valence-corrected chi connectivity index (χ2v) is 7.68. The van der Waals surface area contributed by atoms with Gasteiger partial charge in [0.2, 0.25) is 0 Å². The van der Waals surface area contributed by atoms with Crippen LogP contribution in [0.5, 0.6) is 0 Å². The van der Waals surface area contributed by atoms with Gasteiger partial charge in [-0.05, 0) is 24.4 Å². The van der Waals surface area contributed by atoms with Crippen molar-refractivity contribution in [3.05, 3.63) is 51.3 Å². The van der Waals surface area contributed by atoms with E-state index in [1.165, 1.54) is 0 Å². The zero-order valence-electron chi connectivity index (χ0n) is 12.7. The predicted molar refractivity (Wildman–Crippen MR) is 93.3 cm³/mol. The molecule has 6 heteroatoms. The second-order valence-electron chi connectivity index (χ2n) is 5.53. The number of morpholine rings is 1. The molecule has 1 saturated heterocycles. The summed E-state index contributed by atoms with van der Waals surface area (Å²) in [5.74, 6) is 0.0742. The summed E-state index contributed by atoms with van der Waals surface area (Å²) in [6.45, 7) is 3.68. The number of amides is 1. The van der Waals surface area contributed by atoms with Crippen molar-refractivity contribution in [2.75, 3.05) is 19.8 Å². The molecule has 1 fully saturated rings. The molecule has 0 saturated carbocycles. The highest BCUT2D eigenvalue weighted by Gasteiger charge is 2.31. The first-order valence-electron chi connectivity index (χ1n) is 7.52. The predicted octanol–water partition coefficient (Wildman–Crippen LogP) is 3.88. The van der Waals surface area contributed by atoms with Gasteiger partial charge in [0.1, 0.15) is 0 Å². The number of benzene rings is 1. The monoisotopic (exact) mass is 344 g/mol. The number of aromatic nitrogens is 1. The van der Waals surface area contributed by atoms with Crippen LogP contribution in [-0.2, 0) is 4.74 Å². The van der Waals surface area contributed by atoms with E-state index in [4.69, 9.17) is 4.74 Å². The third kappa shape index (κ3) is 2.78. The van der Waals surface area contributed by atoms with E-state index >= 15 is 0 Å². The highest BCUT2D eigenvalue weighted by molar-refractivity contribution is 7.20. The van der Waals surface area contributed by atoms with Gasteiger partial charge in [-0.25, -0.2) is 4.98 Å². The number of ether oxygens (including phenoxy) is 1. The zero-order chi connectivity index (χ0) is 15.8. The average molecular weight is 344 g/mol. The maximum Gasteiger partial charge on any atom is 0.264 e. The Hall–Kier alpha value is -1.76. The molecule has 2 aromatic heterocycles. The molecule has 3 aromatic rings. The van der Waals surface area contributed by atoms with Crippen LogP contribution in [0.3, 0.4) is 0 Å². The molecule has 118 valence electrons. The normalized spacial score (nSPS) is 18.5. The molecule has 1 unspecified atom stereocenters. The molecule has 0 bridgehead atoms. The lowest BCUT2D eigenvalue weighted by Gasteiger charge is -2.34. The van der Waals surface area contributed by atoms with Crippen LogP contribution in [0, 0.1) is 6.92 Å². The Bertz CT molecular complexity index is 822. The molecular formula is C17H16N2O2S2. The van der Waals surface area contributed by atoms with Crippen molar-refractivity contribution in [1.29, 1.82) is 0 Å². The van der Waals surface area contributed by atoms with Crippen LogP contribution < -0.4 is 0 Å². The van der Waals surface area contributed by atoms with E-state index in [0.717, 1.165) is 25.7 Å².